The first-order chi connectivity index (χ1) is 16.0. The normalized spacial score (nSPS) is 12.5. The highest BCUT2D eigenvalue weighted by molar-refractivity contribution is 6.28. The zero-order valence-electron chi connectivity index (χ0n) is 17.7. The number of halogens is 8. The van der Waals surface area contributed by atoms with Crippen molar-refractivity contribution in [2.75, 3.05) is 5.32 Å². The van der Waals surface area contributed by atoms with Crippen LogP contribution in [-0.4, -0.2) is 9.97 Å². The van der Waals surface area contributed by atoms with Gasteiger partial charge in [-0.05, 0) is 42.1 Å². The van der Waals surface area contributed by atoms with E-state index in [1.165, 1.54) is 24.3 Å². The van der Waals surface area contributed by atoms with Crippen LogP contribution in [0.4, 0.5) is 36.6 Å². The molecular weight excluding hydrogens is 491 g/mol. The maximum absolute atomic E-state index is 14.1. The van der Waals surface area contributed by atoms with Crippen LogP contribution in [0, 0.1) is 23.3 Å². The van der Waals surface area contributed by atoms with Crippen molar-refractivity contribution >= 4 is 17.4 Å². The predicted octanol–water partition coefficient (Wildman–Crippen LogP) is 7.62. The van der Waals surface area contributed by atoms with E-state index in [1.807, 2.05) is 13.8 Å². The number of alkyl halides is 3. The van der Waals surface area contributed by atoms with Gasteiger partial charge in [-0.25, -0.2) is 18.7 Å². The Balaban J connectivity index is 1.85. The minimum Gasteiger partial charge on any atom is -0.451 e. The van der Waals surface area contributed by atoms with Crippen LogP contribution >= 0.6 is 11.6 Å². The molecule has 34 heavy (non-hydrogen) atoms. The van der Waals surface area contributed by atoms with Gasteiger partial charge in [0, 0.05) is 11.8 Å². The third-order valence-corrected chi connectivity index (χ3v) is 5.02. The van der Waals surface area contributed by atoms with E-state index in [1.54, 1.807) is 6.07 Å². The molecule has 0 bridgehead atoms. The van der Waals surface area contributed by atoms with Gasteiger partial charge >= 0.3 is 6.18 Å². The molecule has 4 nitrogen and oxygen atoms in total. The number of hydrogen-bond donors (Lipinski definition) is 1. The van der Waals surface area contributed by atoms with E-state index in [-0.39, 0.29) is 17.1 Å². The lowest BCUT2D eigenvalue weighted by Crippen LogP contribution is -2.15. The smallest absolute Gasteiger partial charge is 0.422 e. The van der Waals surface area contributed by atoms with Gasteiger partial charge < -0.3 is 10.1 Å². The number of hydrogen-bond acceptors (Lipinski definition) is 4. The SMILES string of the molecule is CCc1cc(NC(CC)c2ccc(Oc3c(F)c(F)c(C(F)(F)F)c(F)c3F)cc2)nc(Cl)n1. The quantitative estimate of drug-likeness (QED) is 0.203. The minimum absolute atomic E-state index is 0.0699. The number of anilines is 1. The number of aryl methyl sites for hydroxylation is 1. The molecule has 1 aromatic heterocycles. The Morgan fingerprint density at radius 3 is 2.03 bits per heavy atom. The zero-order chi connectivity index (χ0) is 25.2. The Hall–Kier alpha value is -3.08. The van der Waals surface area contributed by atoms with Crippen molar-refractivity contribution in [3.8, 4) is 11.5 Å². The van der Waals surface area contributed by atoms with Crippen LogP contribution in [-0.2, 0) is 12.6 Å². The lowest BCUT2D eigenvalue weighted by Gasteiger charge is -2.19. The van der Waals surface area contributed by atoms with Crippen molar-refractivity contribution < 1.29 is 35.5 Å². The van der Waals surface area contributed by atoms with Crippen LogP contribution in [0.3, 0.4) is 0 Å². The van der Waals surface area contributed by atoms with Gasteiger partial charge in [0.15, 0.2) is 11.6 Å². The summed E-state index contributed by atoms with van der Waals surface area (Å²) in [5.41, 5.74) is -1.26. The van der Waals surface area contributed by atoms with Crippen molar-refractivity contribution in [3.63, 3.8) is 0 Å². The van der Waals surface area contributed by atoms with E-state index in [9.17, 15) is 30.7 Å². The molecule has 0 amide bonds. The monoisotopic (exact) mass is 507 g/mol. The van der Waals surface area contributed by atoms with Gasteiger partial charge in [-0.15, -0.1) is 0 Å². The second-order valence-electron chi connectivity index (χ2n) is 7.10. The molecule has 1 heterocycles. The van der Waals surface area contributed by atoms with Crippen molar-refractivity contribution in [1.82, 2.24) is 9.97 Å². The Kier molecular flexibility index (Phi) is 7.54. The van der Waals surface area contributed by atoms with Gasteiger partial charge in [-0.3, -0.25) is 0 Å². The van der Waals surface area contributed by atoms with Crippen LogP contribution in [0.5, 0.6) is 11.5 Å². The molecule has 3 rings (SSSR count). The van der Waals surface area contributed by atoms with E-state index in [2.05, 4.69) is 15.3 Å². The molecule has 1 atom stereocenters. The molecule has 1 N–H and O–H groups in total. The molecule has 1 unspecified atom stereocenters. The van der Waals surface area contributed by atoms with Crippen LogP contribution < -0.4 is 10.1 Å². The van der Waals surface area contributed by atoms with Crippen LogP contribution in [0.2, 0.25) is 5.28 Å². The summed E-state index contributed by atoms with van der Waals surface area (Å²) in [6.07, 6.45) is -4.41. The summed E-state index contributed by atoms with van der Waals surface area (Å²) in [6.45, 7) is 3.78. The third-order valence-electron chi connectivity index (χ3n) is 4.85. The summed E-state index contributed by atoms with van der Waals surface area (Å²) in [5, 5.41) is 3.25. The summed E-state index contributed by atoms with van der Waals surface area (Å²) in [5.74, 6) is -11.2. The predicted molar refractivity (Wildman–Crippen MR) is 111 cm³/mol. The number of nitrogens with one attached hydrogen (secondary N) is 1. The lowest BCUT2D eigenvalue weighted by molar-refractivity contribution is -0.143. The third kappa shape index (κ3) is 5.35. The number of benzene rings is 2. The van der Waals surface area contributed by atoms with E-state index in [4.69, 9.17) is 16.3 Å². The van der Waals surface area contributed by atoms with E-state index < -0.39 is 40.8 Å². The van der Waals surface area contributed by atoms with E-state index in [0.29, 0.717) is 24.2 Å². The molecule has 0 radical (unpaired) electrons. The lowest BCUT2D eigenvalue weighted by atomic mass is 10.0. The summed E-state index contributed by atoms with van der Waals surface area (Å²) < 4.78 is 98.8. The van der Waals surface area contributed by atoms with Crippen LogP contribution in [0.15, 0.2) is 30.3 Å². The average Bonchev–Trinajstić information content (AvgIpc) is 2.78. The first kappa shape index (κ1) is 25.5. The highest BCUT2D eigenvalue weighted by atomic mass is 35.5. The van der Waals surface area contributed by atoms with Crippen molar-refractivity contribution in [1.29, 1.82) is 0 Å². The summed E-state index contributed by atoms with van der Waals surface area (Å²) in [6, 6.07) is 6.96. The van der Waals surface area contributed by atoms with Crippen molar-refractivity contribution in [2.45, 2.75) is 38.9 Å². The molecule has 0 saturated heterocycles. The number of aromatic nitrogens is 2. The standard InChI is InChI=1S/C22H17ClF7N3O/c1-3-11-9-14(33-21(23)31-11)32-13(4-2)10-5-7-12(8-6-10)34-20-18(26)16(24)15(22(28,29)30)17(25)19(20)27/h5-9,13H,3-4H2,1-2H3,(H,31,32,33). The Morgan fingerprint density at radius 2 is 1.53 bits per heavy atom. The Bertz CT molecular complexity index is 1160. The first-order valence-corrected chi connectivity index (χ1v) is 10.3. The number of nitrogens with zero attached hydrogens (tertiary/aromatic N) is 2. The van der Waals surface area contributed by atoms with Gasteiger partial charge in [0.05, 0.1) is 6.04 Å². The maximum Gasteiger partial charge on any atom is 0.422 e. The minimum atomic E-state index is -5.63. The topological polar surface area (TPSA) is 47.0 Å². The summed E-state index contributed by atoms with van der Waals surface area (Å²) in [7, 11) is 0. The second-order valence-corrected chi connectivity index (χ2v) is 7.44. The van der Waals surface area contributed by atoms with Gasteiger partial charge in [-0.2, -0.15) is 22.0 Å². The number of rotatable bonds is 7. The molecule has 0 saturated carbocycles. The van der Waals surface area contributed by atoms with E-state index in [0.717, 1.165) is 5.69 Å². The molecule has 3 aromatic rings. The maximum atomic E-state index is 14.1. The average molecular weight is 508 g/mol. The fourth-order valence-corrected chi connectivity index (χ4v) is 3.36. The molecular formula is C22H17ClF7N3O. The summed E-state index contributed by atoms with van der Waals surface area (Å²) in [4.78, 5) is 8.19. The molecule has 0 aliphatic rings. The van der Waals surface area contributed by atoms with Crippen molar-refractivity contribution in [2.24, 2.45) is 0 Å². The summed E-state index contributed by atoms with van der Waals surface area (Å²) >= 11 is 5.93. The van der Waals surface area contributed by atoms with Crippen LogP contribution in [0.25, 0.3) is 0 Å². The largest absolute Gasteiger partial charge is 0.451 e. The molecule has 0 fully saturated rings. The van der Waals surface area contributed by atoms with Gasteiger partial charge in [0.2, 0.25) is 22.7 Å². The molecule has 2 aromatic carbocycles. The van der Waals surface area contributed by atoms with Gasteiger partial charge in [-0.1, -0.05) is 26.0 Å². The molecule has 0 spiro atoms. The highest BCUT2D eigenvalue weighted by Crippen LogP contribution is 2.40. The highest BCUT2D eigenvalue weighted by Gasteiger charge is 2.43. The van der Waals surface area contributed by atoms with Crippen molar-refractivity contribution in [3.05, 3.63) is 75.7 Å². The second kappa shape index (κ2) is 10.0. The fourth-order valence-electron chi connectivity index (χ4n) is 3.16. The Labute approximate surface area is 194 Å². The first-order valence-electron chi connectivity index (χ1n) is 9.97. The van der Waals surface area contributed by atoms with Gasteiger partial charge in [0.1, 0.15) is 17.1 Å². The van der Waals surface area contributed by atoms with E-state index >= 15 is 0 Å². The molecule has 12 heteroatoms. The molecule has 182 valence electrons. The fraction of sp³-hybridized carbons (Fsp3) is 0.273. The number of ether oxygens (including phenoxy) is 1. The van der Waals surface area contributed by atoms with Gasteiger partial charge in [0.25, 0.3) is 0 Å². The Morgan fingerprint density at radius 1 is 0.941 bits per heavy atom. The zero-order valence-corrected chi connectivity index (χ0v) is 18.5. The molecule has 0 aliphatic carbocycles. The van der Waals surface area contributed by atoms with Crippen LogP contribution in [0.1, 0.15) is 43.1 Å². The molecule has 0 aliphatic heterocycles.